The Hall–Kier alpha value is -2.62. The second-order valence-corrected chi connectivity index (χ2v) is 5.51. The number of hydrogen-bond acceptors (Lipinski definition) is 2. The summed E-state index contributed by atoms with van der Waals surface area (Å²) in [5, 5.41) is 2.97. The molecule has 2 heterocycles. The first-order chi connectivity index (χ1) is 10.6. The molecule has 0 aliphatic carbocycles. The van der Waals surface area contributed by atoms with Gasteiger partial charge in [-0.1, -0.05) is 24.3 Å². The Labute approximate surface area is 129 Å². The minimum Gasteiger partial charge on any atom is -0.323 e. The van der Waals surface area contributed by atoms with Crippen molar-refractivity contribution in [1.29, 1.82) is 0 Å². The van der Waals surface area contributed by atoms with Crippen LogP contribution in [0.25, 0.3) is 5.65 Å². The van der Waals surface area contributed by atoms with Crippen molar-refractivity contribution in [2.75, 3.05) is 5.32 Å². The number of amides is 1. The van der Waals surface area contributed by atoms with Crippen LogP contribution in [0.1, 0.15) is 23.2 Å². The molecule has 0 bridgehead atoms. The van der Waals surface area contributed by atoms with Crippen molar-refractivity contribution >= 4 is 17.2 Å². The third-order valence-corrected chi connectivity index (χ3v) is 3.76. The molecule has 0 atom stereocenters. The molecule has 0 aliphatic rings. The van der Waals surface area contributed by atoms with Gasteiger partial charge in [-0.2, -0.15) is 0 Å². The highest BCUT2D eigenvalue weighted by atomic mass is 16.1. The second kappa shape index (κ2) is 6.02. The Morgan fingerprint density at radius 3 is 2.82 bits per heavy atom. The van der Waals surface area contributed by atoms with Gasteiger partial charge in [0, 0.05) is 18.8 Å². The van der Waals surface area contributed by atoms with Crippen LogP contribution in [-0.2, 0) is 11.2 Å². The molecule has 1 aromatic carbocycles. The maximum Gasteiger partial charge on any atom is 0.224 e. The number of carbonyl (C=O) groups is 1. The number of aryl methyl sites for hydroxylation is 3. The molecular weight excluding hydrogens is 274 g/mol. The van der Waals surface area contributed by atoms with Crippen LogP contribution in [0, 0.1) is 13.8 Å². The Kier molecular flexibility index (Phi) is 3.92. The number of anilines is 1. The lowest BCUT2D eigenvalue weighted by Crippen LogP contribution is -2.13. The third kappa shape index (κ3) is 3.01. The number of nitrogens with one attached hydrogen (secondary N) is 1. The highest BCUT2D eigenvalue weighted by Crippen LogP contribution is 2.17. The van der Waals surface area contributed by atoms with E-state index < -0.39 is 0 Å². The van der Waals surface area contributed by atoms with E-state index >= 15 is 0 Å². The fourth-order valence-corrected chi connectivity index (χ4v) is 2.58. The zero-order valence-corrected chi connectivity index (χ0v) is 12.8. The van der Waals surface area contributed by atoms with E-state index in [1.54, 1.807) is 0 Å². The minimum absolute atomic E-state index is 0.0111. The average Bonchev–Trinajstić information content (AvgIpc) is 2.88. The molecule has 1 N–H and O–H groups in total. The molecule has 0 aliphatic heterocycles. The van der Waals surface area contributed by atoms with Gasteiger partial charge in [0.05, 0.1) is 11.4 Å². The van der Waals surface area contributed by atoms with E-state index in [1.165, 1.54) is 11.1 Å². The SMILES string of the molecule is Cc1cn2cccc(NC(=O)CCc3ccccc3C)c2n1. The summed E-state index contributed by atoms with van der Waals surface area (Å²) < 4.78 is 1.92. The lowest BCUT2D eigenvalue weighted by atomic mass is 10.0. The smallest absolute Gasteiger partial charge is 0.224 e. The molecular formula is C18H19N3O. The monoisotopic (exact) mass is 293 g/mol. The second-order valence-electron chi connectivity index (χ2n) is 5.51. The van der Waals surface area contributed by atoms with Gasteiger partial charge < -0.3 is 9.72 Å². The van der Waals surface area contributed by atoms with Gasteiger partial charge in [-0.25, -0.2) is 4.98 Å². The Morgan fingerprint density at radius 2 is 2.00 bits per heavy atom. The summed E-state index contributed by atoms with van der Waals surface area (Å²) in [5.41, 5.74) is 4.91. The standard InChI is InChI=1S/C18H19N3O/c1-13-6-3-4-7-15(13)9-10-17(22)20-16-8-5-11-21-12-14(2)19-18(16)21/h3-8,11-12H,9-10H2,1-2H3,(H,20,22). The van der Waals surface area contributed by atoms with E-state index in [9.17, 15) is 4.79 Å². The number of aromatic nitrogens is 2. The van der Waals surface area contributed by atoms with Gasteiger partial charge in [0.15, 0.2) is 5.65 Å². The first kappa shape index (κ1) is 14.3. The first-order valence-corrected chi connectivity index (χ1v) is 7.42. The molecule has 1 amide bonds. The molecule has 3 rings (SSSR count). The van der Waals surface area contributed by atoms with Crippen molar-refractivity contribution in [2.24, 2.45) is 0 Å². The number of hydrogen-bond donors (Lipinski definition) is 1. The van der Waals surface area contributed by atoms with E-state index in [2.05, 4.69) is 29.4 Å². The van der Waals surface area contributed by atoms with Crippen molar-refractivity contribution in [2.45, 2.75) is 26.7 Å². The maximum absolute atomic E-state index is 12.2. The van der Waals surface area contributed by atoms with Crippen molar-refractivity contribution in [3.63, 3.8) is 0 Å². The molecule has 112 valence electrons. The fourth-order valence-electron chi connectivity index (χ4n) is 2.58. The zero-order chi connectivity index (χ0) is 15.5. The van der Waals surface area contributed by atoms with Crippen molar-refractivity contribution in [3.8, 4) is 0 Å². The highest BCUT2D eigenvalue weighted by molar-refractivity contribution is 5.94. The van der Waals surface area contributed by atoms with Crippen molar-refractivity contribution in [1.82, 2.24) is 9.38 Å². The molecule has 0 fully saturated rings. The molecule has 0 saturated carbocycles. The van der Waals surface area contributed by atoms with E-state index in [0.29, 0.717) is 6.42 Å². The summed E-state index contributed by atoms with van der Waals surface area (Å²) in [5.74, 6) is 0.0111. The van der Waals surface area contributed by atoms with Gasteiger partial charge in [0.25, 0.3) is 0 Å². The van der Waals surface area contributed by atoms with Crippen LogP contribution in [0.5, 0.6) is 0 Å². The lowest BCUT2D eigenvalue weighted by molar-refractivity contribution is -0.116. The summed E-state index contributed by atoms with van der Waals surface area (Å²) in [4.78, 5) is 16.6. The summed E-state index contributed by atoms with van der Waals surface area (Å²) in [6.07, 6.45) is 5.08. The van der Waals surface area contributed by atoms with E-state index in [0.717, 1.165) is 23.4 Å². The molecule has 4 heteroatoms. The number of imidazole rings is 1. The van der Waals surface area contributed by atoms with Crippen LogP contribution in [-0.4, -0.2) is 15.3 Å². The van der Waals surface area contributed by atoms with Crippen LogP contribution in [0.2, 0.25) is 0 Å². The van der Waals surface area contributed by atoms with E-state index in [-0.39, 0.29) is 5.91 Å². The number of fused-ring (bicyclic) bond motifs is 1. The Bertz CT molecular complexity index is 820. The van der Waals surface area contributed by atoms with E-state index in [4.69, 9.17) is 0 Å². The van der Waals surface area contributed by atoms with Gasteiger partial charge in [-0.3, -0.25) is 4.79 Å². The van der Waals surface area contributed by atoms with Gasteiger partial charge >= 0.3 is 0 Å². The Balaban J connectivity index is 1.70. The van der Waals surface area contributed by atoms with Crippen LogP contribution in [0.3, 0.4) is 0 Å². The summed E-state index contributed by atoms with van der Waals surface area (Å²) >= 11 is 0. The molecule has 0 saturated heterocycles. The lowest BCUT2D eigenvalue weighted by Gasteiger charge is -2.08. The highest BCUT2D eigenvalue weighted by Gasteiger charge is 2.09. The van der Waals surface area contributed by atoms with E-state index in [1.807, 2.05) is 48.0 Å². The number of nitrogens with zero attached hydrogens (tertiary/aromatic N) is 2. The summed E-state index contributed by atoms with van der Waals surface area (Å²) in [6.45, 7) is 4.01. The van der Waals surface area contributed by atoms with Crippen molar-refractivity contribution < 1.29 is 4.79 Å². The predicted molar refractivity (Wildman–Crippen MR) is 88.1 cm³/mol. The number of rotatable bonds is 4. The Morgan fingerprint density at radius 1 is 1.18 bits per heavy atom. The fraction of sp³-hybridized carbons (Fsp3) is 0.222. The molecule has 4 nitrogen and oxygen atoms in total. The largest absolute Gasteiger partial charge is 0.323 e. The molecule has 22 heavy (non-hydrogen) atoms. The van der Waals surface area contributed by atoms with Crippen LogP contribution in [0.4, 0.5) is 5.69 Å². The van der Waals surface area contributed by atoms with Crippen LogP contribution < -0.4 is 5.32 Å². The minimum atomic E-state index is 0.0111. The van der Waals surface area contributed by atoms with Gasteiger partial charge in [0.1, 0.15) is 0 Å². The third-order valence-electron chi connectivity index (χ3n) is 3.76. The molecule has 2 aromatic heterocycles. The normalized spacial score (nSPS) is 10.8. The van der Waals surface area contributed by atoms with Gasteiger partial charge in [0.2, 0.25) is 5.91 Å². The summed E-state index contributed by atoms with van der Waals surface area (Å²) in [7, 11) is 0. The van der Waals surface area contributed by atoms with Crippen LogP contribution in [0.15, 0.2) is 48.8 Å². The number of benzene rings is 1. The van der Waals surface area contributed by atoms with Crippen LogP contribution >= 0.6 is 0 Å². The zero-order valence-electron chi connectivity index (χ0n) is 12.8. The molecule has 3 aromatic rings. The number of pyridine rings is 1. The maximum atomic E-state index is 12.2. The summed E-state index contributed by atoms with van der Waals surface area (Å²) in [6, 6.07) is 12.0. The topological polar surface area (TPSA) is 46.4 Å². The first-order valence-electron chi connectivity index (χ1n) is 7.42. The molecule has 0 radical (unpaired) electrons. The van der Waals surface area contributed by atoms with Crippen molar-refractivity contribution in [3.05, 3.63) is 65.6 Å². The van der Waals surface area contributed by atoms with Gasteiger partial charge in [-0.15, -0.1) is 0 Å². The average molecular weight is 293 g/mol. The number of carbonyl (C=O) groups excluding carboxylic acids is 1. The molecule has 0 unspecified atom stereocenters. The molecule has 0 spiro atoms. The van der Waals surface area contributed by atoms with Gasteiger partial charge in [-0.05, 0) is 43.5 Å². The predicted octanol–water partition coefficient (Wildman–Crippen LogP) is 3.52. The quantitative estimate of drug-likeness (QED) is 0.800.